The Morgan fingerprint density at radius 2 is 1.92 bits per heavy atom. The fourth-order valence-corrected chi connectivity index (χ4v) is 4.21. The Morgan fingerprint density at radius 3 is 2.62 bits per heavy atom. The molecule has 4 rings (SSSR count). The maximum atomic E-state index is 14.1. The van der Waals surface area contributed by atoms with Gasteiger partial charge in [0.15, 0.2) is 0 Å². The van der Waals surface area contributed by atoms with Crippen LogP contribution in [0.2, 0.25) is 0 Å². The maximum absolute atomic E-state index is 14.1. The predicted molar refractivity (Wildman–Crippen MR) is 86.4 cm³/mol. The van der Waals surface area contributed by atoms with Gasteiger partial charge in [0.05, 0.1) is 11.6 Å². The summed E-state index contributed by atoms with van der Waals surface area (Å²) in [6.45, 7) is 2.84. The lowest BCUT2D eigenvalue weighted by atomic mass is 9.77. The molecule has 1 aliphatic carbocycles. The van der Waals surface area contributed by atoms with Gasteiger partial charge in [0.1, 0.15) is 11.6 Å². The second-order valence-corrected chi connectivity index (χ2v) is 7.58. The van der Waals surface area contributed by atoms with E-state index in [0.717, 1.165) is 51.0 Å². The highest BCUT2D eigenvalue weighted by molar-refractivity contribution is 5.83. The normalized spacial score (nSPS) is 27.2. The Morgan fingerprint density at radius 1 is 1.17 bits per heavy atom. The Bertz CT molecular complexity index is 654. The van der Waals surface area contributed by atoms with E-state index in [0.29, 0.717) is 12.8 Å². The van der Waals surface area contributed by atoms with E-state index < -0.39 is 17.2 Å². The molecule has 6 heteroatoms. The molecule has 3 fully saturated rings. The van der Waals surface area contributed by atoms with Crippen LogP contribution in [0.4, 0.5) is 8.78 Å². The molecule has 1 saturated carbocycles. The van der Waals surface area contributed by atoms with Gasteiger partial charge in [-0.25, -0.2) is 8.78 Å². The van der Waals surface area contributed by atoms with Crippen molar-refractivity contribution < 1.29 is 13.6 Å². The number of piperidine rings is 1. The van der Waals surface area contributed by atoms with E-state index >= 15 is 0 Å². The van der Waals surface area contributed by atoms with Crippen LogP contribution in [0.3, 0.4) is 0 Å². The van der Waals surface area contributed by atoms with Gasteiger partial charge >= 0.3 is 0 Å². The smallest absolute Gasteiger partial charge is 0.237 e. The fourth-order valence-electron chi connectivity index (χ4n) is 4.21. The minimum absolute atomic E-state index is 0.0911. The van der Waals surface area contributed by atoms with Crippen LogP contribution >= 0.6 is 0 Å². The first kappa shape index (κ1) is 16.0. The molecule has 2 heterocycles. The average Bonchev–Trinajstić information content (AvgIpc) is 3.24. The number of halogens is 2. The molecule has 0 aromatic heterocycles. The van der Waals surface area contributed by atoms with Crippen molar-refractivity contribution in [2.24, 2.45) is 5.41 Å². The van der Waals surface area contributed by atoms with Crippen LogP contribution in [-0.2, 0) is 10.3 Å². The second kappa shape index (κ2) is 5.77. The van der Waals surface area contributed by atoms with Crippen molar-refractivity contribution >= 4 is 5.91 Å². The van der Waals surface area contributed by atoms with Crippen molar-refractivity contribution in [1.82, 2.24) is 16.0 Å². The zero-order valence-electron chi connectivity index (χ0n) is 13.6. The van der Waals surface area contributed by atoms with Crippen molar-refractivity contribution in [2.45, 2.75) is 43.7 Å². The van der Waals surface area contributed by atoms with Crippen LogP contribution in [0.5, 0.6) is 0 Å². The van der Waals surface area contributed by atoms with Crippen molar-refractivity contribution in [1.29, 1.82) is 0 Å². The number of hydrogen-bond donors (Lipinski definition) is 3. The van der Waals surface area contributed by atoms with E-state index in [1.165, 1.54) is 6.07 Å². The molecule has 24 heavy (non-hydrogen) atoms. The number of hydrogen-bond acceptors (Lipinski definition) is 3. The van der Waals surface area contributed by atoms with Crippen molar-refractivity contribution in [2.75, 3.05) is 19.6 Å². The van der Waals surface area contributed by atoms with E-state index in [2.05, 4.69) is 16.0 Å². The molecular formula is C18H23F2N3O. The Hall–Kier alpha value is -1.53. The van der Waals surface area contributed by atoms with Gasteiger partial charge in [-0.05, 0) is 68.8 Å². The number of amides is 1. The average molecular weight is 335 g/mol. The predicted octanol–water partition coefficient (Wildman–Crippen LogP) is 1.80. The summed E-state index contributed by atoms with van der Waals surface area (Å²) in [5, 5.41) is 9.68. The number of rotatable bonds is 3. The standard InChI is InChI=1S/C18H23F2N3O/c19-12-1-2-14(20)13(9-12)18(3-4-18)23-16(24)15-10-17(11-22-15)5-7-21-8-6-17/h1-2,9,15,21-22H,3-8,10-11H2,(H,23,24)/t15-/m1/s1. The lowest BCUT2D eigenvalue weighted by Crippen LogP contribution is -2.45. The Kier molecular flexibility index (Phi) is 3.84. The van der Waals surface area contributed by atoms with Gasteiger partial charge in [-0.3, -0.25) is 4.79 Å². The van der Waals surface area contributed by atoms with Crippen LogP contribution in [-0.4, -0.2) is 31.6 Å². The van der Waals surface area contributed by atoms with Crippen LogP contribution in [0.15, 0.2) is 18.2 Å². The van der Waals surface area contributed by atoms with Crippen molar-refractivity contribution in [3.8, 4) is 0 Å². The summed E-state index contributed by atoms with van der Waals surface area (Å²) < 4.78 is 27.6. The largest absolute Gasteiger partial charge is 0.345 e. The summed E-state index contributed by atoms with van der Waals surface area (Å²) in [6.07, 6.45) is 4.28. The van der Waals surface area contributed by atoms with Crippen molar-refractivity contribution in [3.05, 3.63) is 35.4 Å². The minimum Gasteiger partial charge on any atom is -0.345 e. The van der Waals surface area contributed by atoms with Crippen LogP contribution < -0.4 is 16.0 Å². The molecule has 0 radical (unpaired) electrons. The van der Waals surface area contributed by atoms with Gasteiger partial charge in [-0.2, -0.15) is 0 Å². The molecule has 2 saturated heterocycles. The topological polar surface area (TPSA) is 53.2 Å². The first-order valence-corrected chi connectivity index (χ1v) is 8.74. The van der Waals surface area contributed by atoms with E-state index in [1.807, 2.05) is 0 Å². The van der Waals surface area contributed by atoms with E-state index in [4.69, 9.17) is 0 Å². The first-order chi connectivity index (χ1) is 11.5. The maximum Gasteiger partial charge on any atom is 0.237 e. The molecule has 4 nitrogen and oxygen atoms in total. The van der Waals surface area contributed by atoms with Gasteiger partial charge in [0.25, 0.3) is 0 Å². The molecule has 130 valence electrons. The highest BCUT2D eigenvalue weighted by Crippen LogP contribution is 2.47. The van der Waals surface area contributed by atoms with Gasteiger partial charge < -0.3 is 16.0 Å². The molecule has 1 spiro atoms. The number of benzene rings is 1. The number of nitrogens with one attached hydrogen (secondary N) is 3. The Labute approximate surface area is 140 Å². The van der Waals surface area contributed by atoms with Gasteiger partial charge in [0.2, 0.25) is 5.91 Å². The molecule has 1 aromatic rings. The lowest BCUT2D eigenvalue weighted by molar-refractivity contribution is -0.124. The fraction of sp³-hybridized carbons (Fsp3) is 0.611. The molecule has 3 N–H and O–H groups in total. The molecule has 1 aromatic carbocycles. The van der Waals surface area contributed by atoms with Crippen molar-refractivity contribution in [3.63, 3.8) is 0 Å². The van der Waals surface area contributed by atoms with E-state index in [1.54, 1.807) is 0 Å². The molecule has 2 aliphatic heterocycles. The number of carbonyl (C=O) groups is 1. The monoisotopic (exact) mass is 335 g/mol. The zero-order chi connectivity index (χ0) is 16.8. The lowest BCUT2D eigenvalue weighted by Gasteiger charge is -2.33. The molecule has 0 bridgehead atoms. The summed E-state index contributed by atoms with van der Waals surface area (Å²) in [5.41, 5.74) is -0.256. The van der Waals surface area contributed by atoms with Crippen LogP contribution in [0, 0.1) is 17.0 Å². The first-order valence-electron chi connectivity index (χ1n) is 8.74. The summed E-state index contributed by atoms with van der Waals surface area (Å²) in [7, 11) is 0. The molecule has 1 amide bonds. The molecule has 0 unspecified atom stereocenters. The third-order valence-corrected chi connectivity index (χ3v) is 5.90. The van der Waals surface area contributed by atoms with E-state index in [9.17, 15) is 13.6 Å². The summed E-state index contributed by atoms with van der Waals surface area (Å²) >= 11 is 0. The third kappa shape index (κ3) is 2.82. The minimum atomic E-state index is -0.727. The van der Waals surface area contributed by atoms with Gasteiger partial charge in [-0.15, -0.1) is 0 Å². The van der Waals surface area contributed by atoms with Crippen LogP contribution in [0.1, 0.15) is 37.7 Å². The third-order valence-electron chi connectivity index (χ3n) is 5.90. The zero-order valence-corrected chi connectivity index (χ0v) is 13.6. The highest BCUT2D eigenvalue weighted by Gasteiger charge is 2.50. The highest BCUT2D eigenvalue weighted by atomic mass is 19.1. The van der Waals surface area contributed by atoms with Gasteiger partial charge in [-0.1, -0.05) is 0 Å². The summed E-state index contributed by atoms with van der Waals surface area (Å²) in [5.74, 6) is -1.02. The van der Waals surface area contributed by atoms with Gasteiger partial charge in [0, 0.05) is 12.1 Å². The second-order valence-electron chi connectivity index (χ2n) is 7.58. The quantitative estimate of drug-likeness (QED) is 0.790. The summed E-state index contributed by atoms with van der Waals surface area (Å²) in [4.78, 5) is 12.7. The van der Waals surface area contributed by atoms with E-state index in [-0.39, 0.29) is 22.9 Å². The van der Waals surface area contributed by atoms with Crippen LogP contribution in [0.25, 0.3) is 0 Å². The summed E-state index contributed by atoms with van der Waals surface area (Å²) in [6, 6.07) is 3.21. The SMILES string of the molecule is O=C(NC1(c2cc(F)ccc2F)CC1)[C@H]1CC2(CCNCC2)CN1. The number of carbonyl (C=O) groups excluding carboxylic acids is 1. The Balaban J connectivity index is 1.45. The molecular weight excluding hydrogens is 312 g/mol. The molecule has 3 aliphatic rings. The molecule has 1 atom stereocenters.